The normalized spacial score (nSPS) is 44.2. The van der Waals surface area contributed by atoms with Crippen LogP contribution in [0, 0.1) is 35.5 Å². The Kier molecular flexibility index (Phi) is 6.14. The van der Waals surface area contributed by atoms with Crippen molar-refractivity contribution in [2.24, 2.45) is 34.3 Å². The molecule has 7 nitrogen and oxygen atoms in total. The van der Waals surface area contributed by atoms with E-state index in [4.69, 9.17) is 32.6 Å². The van der Waals surface area contributed by atoms with Crippen LogP contribution in [0.5, 0.6) is 0 Å². The van der Waals surface area contributed by atoms with E-state index in [1.54, 1.807) is 13.3 Å². The number of thiol groups is 1. The molecule has 5 rings (SSSR count). The Labute approximate surface area is 226 Å². The molecule has 37 heavy (non-hydrogen) atoms. The number of aliphatic hydroxyl groups is 1. The molecule has 4 aliphatic carbocycles. The van der Waals surface area contributed by atoms with Gasteiger partial charge < -0.3 is 30.0 Å². The smallest absolute Gasteiger partial charge is 0.355 e. The number of H-pyrrole nitrogens is 1. The number of carbonyl (C=O) groups is 1. The van der Waals surface area contributed by atoms with Crippen LogP contribution in [0.1, 0.15) is 76.9 Å². The summed E-state index contributed by atoms with van der Waals surface area (Å²) >= 11 is 5.47. The number of hydrogen-bond donors (Lipinski definition) is 4. The maximum absolute atomic E-state index is 13.4. The maximum atomic E-state index is 13.4. The monoisotopic (exact) mass is 532 g/mol. The molecule has 3 saturated carbocycles. The number of hydrogen-bond acceptors (Lipinski definition) is 7. The predicted octanol–water partition coefficient (Wildman–Crippen LogP) is 4.40. The van der Waals surface area contributed by atoms with Crippen LogP contribution in [0.4, 0.5) is 0 Å². The predicted molar refractivity (Wildman–Crippen MR) is 145 cm³/mol. The topological polar surface area (TPSA) is 107 Å². The molecule has 0 amide bonds. The molecular formula is C29H44N2O5S. The van der Waals surface area contributed by atoms with Gasteiger partial charge in [0.15, 0.2) is 5.79 Å². The first-order valence-electron chi connectivity index (χ1n) is 13.6. The minimum atomic E-state index is -1.03. The molecule has 0 aliphatic heterocycles. The molecule has 1 aromatic heterocycles. The molecule has 9 unspecified atom stereocenters. The molecule has 1 spiro atoms. The van der Waals surface area contributed by atoms with Crippen molar-refractivity contribution in [1.82, 2.24) is 4.98 Å². The van der Waals surface area contributed by atoms with Gasteiger partial charge in [-0.05, 0) is 81.4 Å². The number of fused-ring (bicyclic) bond motifs is 3. The number of aromatic amines is 1. The molecule has 206 valence electrons. The summed E-state index contributed by atoms with van der Waals surface area (Å²) in [6, 6.07) is 1.85. The lowest BCUT2D eigenvalue weighted by Crippen LogP contribution is -2.64. The van der Waals surface area contributed by atoms with Gasteiger partial charge in [0.2, 0.25) is 0 Å². The zero-order chi connectivity index (χ0) is 27.3. The largest absolute Gasteiger partial charge is 0.452 e. The van der Waals surface area contributed by atoms with E-state index in [2.05, 4.69) is 31.8 Å². The molecule has 1 aromatic rings. The Hall–Kier alpha value is -1.32. The van der Waals surface area contributed by atoms with Crippen molar-refractivity contribution in [2.45, 2.75) is 102 Å². The van der Waals surface area contributed by atoms with Crippen LogP contribution in [0.25, 0.3) is 0 Å². The van der Waals surface area contributed by atoms with E-state index in [1.807, 2.05) is 33.8 Å². The highest BCUT2D eigenvalue weighted by Gasteiger charge is 2.80. The number of ether oxygens (including phenoxy) is 3. The van der Waals surface area contributed by atoms with Gasteiger partial charge in [0.05, 0.1) is 17.0 Å². The van der Waals surface area contributed by atoms with Crippen molar-refractivity contribution in [1.29, 1.82) is 0 Å². The minimum Gasteiger partial charge on any atom is -0.452 e. The lowest BCUT2D eigenvalue weighted by atomic mass is 9.60. The molecule has 0 saturated heterocycles. The lowest BCUT2D eigenvalue weighted by molar-refractivity contribution is -0.241. The zero-order valence-electron chi connectivity index (χ0n) is 23.4. The maximum Gasteiger partial charge on any atom is 0.355 e. The molecule has 4 N–H and O–H groups in total. The summed E-state index contributed by atoms with van der Waals surface area (Å²) in [7, 11) is 1.62. The summed E-state index contributed by atoms with van der Waals surface area (Å²) in [5.41, 5.74) is 7.98. The van der Waals surface area contributed by atoms with Gasteiger partial charge in [-0.1, -0.05) is 26.8 Å². The van der Waals surface area contributed by atoms with Crippen LogP contribution in [0.2, 0.25) is 0 Å². The van der Waals surface area contributed by atoms with Crippen molar-refractivity contribution in [2.75, 3.05) is 7.11 Å². The number of aromatic nitrogens is 1. The standard InChI is InChI=1S/C29H44N2O5S/c1-15-11-12-31-21(15)24(33)35-23-16(2)14-27-17(3)13-19-25(4,5)28(19,30)18(22(27)32)9-10-20(29(23,27)37)36-26(6,7)34-8/h11-12,14,17-20,22-23,31-32,37H,9-10,13,30H2,1-8H3. The first-order chi connectivity index (χ1) is 17.1. The van der Waals surface area contributed by atoms with Crippen LogP contribution in [-0.2, 0) is 14.2 Å². The van der Waals surface area contributed by atoms with Gasteiger partial charge in [0.25, 0.3) is 0 Å². The fourth-order valence-corrected chi connectivity index (χ4v) is 9.41. The van der Waals surface area contributed by atoms with E-state index in [-0.39, 0.29) is 17.3 Å². The van der Waals surface area contributed by atoms with E-state index in [9.17, 15) is 9.90 Å². The van der Waals surface area contributed by atoms with Crippen LogP contribution >= 0.6 is 12.6 Å². The summed E-state index contributed by atoms with van der Waals surface area (Å²) in [5, 5.41) is 12.4. The van der Waals surface area contributed by atoms with Crippen molar-refractivity contribution in [3.05, 3.63) is 35.2 Å². The highest BCUT2D eigenvalue weighted by molar-refractivity contribution is 7.82. The second kappa shape index (κ2) is 8.34. The molecule has 8 heteroatoms. The molecule has 4 aliphatic rings. The number of aliphatic hydroxyl groups excluding tert-OH is 1. The van der Waals surface area contributed by atoms with Crippen LogP contribution in [0.15, 0.2) is 23.9 Å². The molecule has 3 fully saturated rings. The first-order valence-corrected chi connectivity index (χ1v) is 14.0. The average molecular weight is 533 g/mol. The van der Waals surface area contributed by atoms with E-state index in [0.717, 1.165) is 17.6 Å². The second-order valence-electron chi connectivity index (χ2n) is 13.2. The zero-order valence-corrected chi connectivity index (χ0v) is 24.3. The SMILES string of the molecule is COC(C)(C)OC1CCC2C(O)C3(C=C(C)C(OC(=O)c4[nH]ccc4C)C13S)C(C)CC1C(C)(C)C21N. The highest BCUT2D eigenvalue weighted by atomic mass is 32.1. The Morgan fingerprint density at radius 3 is 2.54 bits per heavy atom. The number of esters is 1. The second-order valence-corrected chi connectivity index (χ2v) is 13.9. The Morgan fingerprint density at radius 2 is 1.95 bits per heavy atom. The minimum absolute atomic E-state index is 0.0282. The summed E-state index contributed by atoms with van der Waals surface area (Å²) in [5.74, 6) is -1.14. The summed E-state index contributed by atoms with van der Waals surface area (Å²) in [6.45, 7) is 14.3. The van der Waals surface area contributed by atoms with Crippen LogP contribution < -0.4 is 5.73 Å². The first kappa shape index (κ1) is 27.3. The molecule has 0 aromatic carbocycles. The number of methoxy groups -OCH3 is 1. The van der Waals surface area contributed by atoms with E-state index in [0.29, 0.717) is 24.5 Å². The Balaban J connectivity index is 1.66. The van der Waals surface area contributed by atoms with E-state index in [1.165, 1.54) is 0 Å². The number of carbonyl (C=O) groups excluding carboxylic acids is 1. The number of nitrogens with two attached hydrogens (primary N) is 1. The number of rotatable bonds is 5. The van der Waals surface area contributed by atoms with Gasteiger partial charge in [-0.3, -0.25) is 0 Å². The van der Waals surface area contributed by atoms with Gasteiger partial charge in [0.1, 0.15) is 11.8 Å². The number of aryl methyl sites for hydroxylation is 1. The number of nitrogens with one attached hydrogen (secondary N) is 1. The van der Waals surface area contributed by atoms with Gasteiger partial charge in [0, 0.05) is 30.2 Å². The van der Waals surface area contributed by atoms with Crippen molar-refractivity contribution < 1.29 is 24.1 Å². The fraction of sp³-hybridized carbons (Fsp3) is 0.759. The average Bonchev–Trinajstić information content (AvgIpc) is 3.10. The van der Waals surface area contributed by atoms with E-state index >= 15 is 0 Å². The van der Waals surface area contributed by atoms with Crippen molar-refractivity contribution in [3.8, 4) is 0 Å². The van der Waals surface area contributed by atoms with Crippen molar-refractivity contribution in [3.63, 3.8) is 0 Å². The van der Waals surface area contributed by atoms with Gasteiger partial charge in [-0.15, -0.1) is 0 Å². The summed E-state index contributed by atoms with van der Waals surface area (Å²) in [6.07, 6.45) is 4.12. The van der Waals surface area contributed by atoms with Gasteiger partial charge in [-0.2, -0.15) is 12.6 Å². The molecule has 1 heterocycles. The molecular weight excluding hydrogens is 488 g/mol. The van der Waals surface area contributed by atoms with Crippen LogP contribution in [0.3, 0.4) is 0 Å². The van der Waals surface area contributed by atoms with E-state index < -0.39 is 45.8 Å². The Morgan fingerprint density at radius 1 is 1.27 bits per heavy atom. The fourth-order valence-electron chi connectivity index (χ4n) is 8.55. The third-order valence-electron chi connectivity index (χ3n) is 10.9. The summed E-state index contributed by atoms with van der Waals surface area (Å²) < 4.78 is 17.7. The highest BCUT2D eigenvalue weighted by Crippen LogP contribution is 2.75. The van der Waals surface area contributed by atoms with Crippen molar-refractivity contribution >= 4 is 18.6 Å². The van der Waals surface area contributed by atoms with Gasteiger partial charge in [-0.25, -0.2) is 4.79 Å². The van der Waals surface area contributed by atoms with Gasteiger partial charge >= 0.3 is 5.97 Å². The third kappa shape index (κ3) is 3.38. The Bertz CT molecular complexity index is 1130. The lowest BCUT2D eigenvalue weighted by Gasteiger charge is -2.54. The quantitative estimate of drug-likeness (QED) is 0.194. The molecule has 9 atom stereocenters. The molecule has 0 radical (unpaired) electrons. The third-order valence-corrected chi connectivity index (χ3v) is 11.8. The molecule has 2 bridgehead atoms. The summed E-state index contributed by atoms with van der Waals surface area (Å²) in [4.78, 5) is 16.4. The van der Waals surface area contributed by atoms with Crippen LogP contribution in [-0.4, -0.2) is 57.6 Å².